The maximum absolute atomic E-state index is 13.6. The first kappa shape index (κ1) is 18.5. The number of benzene rings is 2. The van der Waals surface area contributed by atoms with Crippen molar-refractivity contribution in [2.75, 3.05) is 0 Å². The Hall–Kier alpha value is -4.23. The molecule has 6 rings (SSSR count). The van der Waals surface area contributed by atoms with Crippen molar-refractivity contribution >= 4 is 62.3 Å². The lowest BCUT2D eigenvalue weighted by Crippen LogP contribution is -2.26. The fourth-order valence-electron chi connectivity index (χ4n) is 4.16. The van der Waals surface area contributed by atoms with Crippen molar-refractivity contribution in [1.82, 2.24) is 15.0 Å². The van der Waals surface area contributed by atoms with Crippen LogP contribution in [-0.4, -0.2) is 33.0 Å². The number of amides is 2. The Morgan fingerprint density at radius 3 is 1.84 bits per heavy atom. The van der Waals surface area contributed by atoms with Gasteiger partial charge in [0.05, 0.1) is 17.4 Å². The summed E-state index contributed by atoms with van der Waals surface area (Å²) in [5.41, 5.74) is 3.87. The van der Waals surface area contributed by atoms with Crippen molar-refractivity contribution < 1.29 is 9.59 Å². The second-order valence-electron chi connectivity index (χ2n) is 7.43. The molecule has 154 valence electrons. The van der Waals surface area contributed by atoms with E-state index >= 15 is 0 Å². The van der Waals surface area contributed by atoms with Gasteiger partial charge in [-0.3, -0.25) is 9.59 Å². The molecular weight excluding hydrogens is 420 g/mol. The molecule has 0 radical (unpaired) electrons. The smallest absolute Gasteiger partial charge is 0.283 e. The summed E-state index contributed by atoms with van der Waals surface area (Å²) in [6.07, 6.45) is 5.12. The molecule has 0 atom stereocenters. The van der Waals surface area contributed by atoms with Crippen molar-refractivity contribution in [1.29, 1.82) is 0 Å². The van der Waals surface area contributed by atoms with E-state index < -0.39 is 11.8 Å². The average Bonchev–Trinajstić information content (AvgIpc) is 3.59. The van der Waals surface area contributed by atoms with Crippen LogP contribution in [0.15, 0.2) is 83.5 Å². The van der Waals surface area contributed by atoms with Gasteiger partial charge < -0.3 is 9.97 Å². The van der Waals surface area contributed by atoms with Crippen molar-refractivity contribution in [3.05, 3.63) is 94.4 Å². The number of aromatic nitrogens is 2. The maximum atomic E-state index is 13.6. The number of carbonyl (C=O) groups is 2. The molecule has 0 aliphatic carbocycles. The number of imide groups is 1. The van der Waals surface area contributed by atoms with E-state index in [0.717, 1.165) is 31.7 Å². The van der Waals surface area contributed by atoms with Crippen molar-refractivity contribution in [2.45, 2.75) is 0 Å². The van der Waals surface area contributed by atoms with Gasteiger partial charge in [-0.15, -0.1) is 11.3 Å². The van der Waals surface area contributed by atoms with Gasteiger partial charge in [-0.05, 0) is 23.6 Å². The summed E-state index contributed by atoms with van der Waals surface area (Å²) in [5.74, 6) is -0.874. The minimum atomic E-state index is -0.437. The van der Waals surface area contributed by atoms with Crippen LogP contribution >= 0.6 is 11.3 Å². The molecule has 0 saturated heterocycles. The van der Waals surface area contributed by atoms with Gasteiger partial charge in [-0.25, -0.2) is 0 Å². The number of thiophene rings is 1. The van der Waals surface area contributed by atoms with Crippen molar-refractivity contribution in [3.63, 3.8) is 0 Å². The van der Waals surface area contributed by atoms with Crippen LogP contribution in [-0.2, 0) is 9.59 Å². The number of nitrogens with one attached hydrogen (secondary N) is 2. The number of hydrogen-bond acceptors (Lipinski definition) is 4. The average molecular weight is 436 g/mol. The van der Waals surface area contributed by atoms with E-state index in [1.165, 1.54) is 11.3 Å². The molecular formula is C25H16N4O2S. The summed E-state index contributed by atoms with van der Waals surface area (Å²) in [6.45, 7) is 0. The van der Waals surface area contributed by atoms with Crippen LogP contribution in [0.4, 0.5) is 0 Å². The highest BCUT2D eigenvalue weighted by Crippen LogP contribution is 2.40. The number of carbonyl (C=O) groups excluding carboxylic acids is 2. The molecule has 1 aliphatic heterocycles. The highest BCUT2D eigenvalue weighted by atomic mass is 32.1. The minimum absolute atomic E-state index is 0.348. The number of rotatable bonds is 4. The molecule has 2 amide bonds. The van der Waals surface area contributed by atoms with Gasteiger partial charge in [-0.2, -0.15) is 10.1 Å². The fourth-order valence-corrected chi connectivity index (χ4v) is 4.74. The molecule has 4 heterocycles. The van der Waals surface area contributed by atoms with E-state index in [1.54, 1.807) is 18.6 Å². The molecule has 0 saturated carbocycles. The SMILES string of the molecule is O=C1C(c2c[nH]c3ccccc23)=C(c2c[nH]c3ccccc23)C(=O)N1/N=C/c1cccs1. The molecule has 0 bridgehead atoms. The van der Waals surface area contributed by atoms with Crippen LogP contribution in [0, 0.1) is 0 Å². The zero-order chi connectivity index (χ0) is 21.7. The van der Waals surface area contributed by atoms with Crippen molar-refractivity contribution in [3.8, 4) is 0 Å². The number of fused-ring (bicyclic) bond motifs is 2. The highest BCUT2D eigenvalue weighted by Gasteiger charge is 2.41. The monoisotopic (exact) mass is 436 g/mol. The van der Waals surface area contributed by atoms with Crippen LogP contribution in [0.25, 0.3) is 33.0 Å². The van der Waals surface area contributed by atoms with E-state index in [1.807, 2.05) is 66.0 Å². The second-order valence-corrected chi connectivity index (χ2v) is 8.41. The summed E-state index contributed by atoms with van der Waals surface area (Å²) in [5, 5.41) is 8.91. The van der Waals surface area contributed by atoms with Gasteiger partial charge in [0.15, 0.2) is 0 Å². The predicted octanol–water partition coefficient (Wildman–Crippen LogP) is 5.02. The van der Waals surface area contributed by atoms with E-state index in [9.17, 15) is 9.59 Å². The van der Waals surface area contributed by atoms with Crippen LogP contribution in [0.1, 0.15) is 16.0 Å². The molecule has 2 N–H and O–H groups in total. The van der Waals surface area contributed by atoms with E-state index in [2.05, 4.69) is 15.1 Å². The van der Waals surface area contributed by atoms with Gasteiger partial charge in [-0.1, -0.05) is 42.5 Å². The molecule has 5 aromatic rings. The Bertz CT molecular complexity index is 1470. The Morgan fingerprint density at radius 1 is 0.750 bits per heavy atom. The Labute approximate surface area is 186 Å². The number of H-pyrrole nitrogens is 2. The number of hydrazone groups is 1. The summed E-state index contributed by atoms with van der Waals surface area (Å²) in [4.78, 5) is 34.4. The van der Waals surface area contributed by atoms with Crippen LogP contribution in [0.3, 0.4) is 0 Å². The lowest BCUT2D eigenvalue weighted by Gasteiger charge is -2.07. The van der Waals surface area contributed by atoms with Crippen LogP contribution in [0.2, 0.25) is 0 Å². The highest BCUT2D eigenvalue weighted by molar-refractivity contribution is 7.11. The van der Waals surface area contributed by atoms with E-state index in [0.29, 0.717) is 22.3 Å². The van der Waals surface area contributed by atoms with Gasteiger partial charge in [0.25, 0.3) is 11.8 Å². The first-order valence-corrected chi connectivity index (χ1v) is 10.9. The third-order valence-electron chi connectivity index (χ3n) is 5.62. The van der Waals surface area contributed by atoms with Crippen LogP contribution < -0.4 is 0 Å². The normalized spacial score (nSPS) is 14.7. The molecule has 1 aliphatic rings. The first-order chi connectivity index (χ1) is 15.7. The summed E-state index contributed by atoms with van der Waals surface area (Å²) in [6, 6.07) is 19.2. The summed E-state index contributed by atoms with van der Waals surface area (Å²) >= 11 is 1.49. The Morgan fingerprint density at radius 2 is 1.31 bits per heavy atom. The maximum Gasteiger partial charge on any atom is 0.283 e. The van der Waals surface area contributed by atoms with Crippen molar-refractivity contribution in [2.24, 2.45) is 5.10 Å². The van der Waals surface area contributed by atoms with Gasteiger partial charge in [0.2, 0.25) is 0 Å². The summed E-state index contributed by atoms with van der Waals surface area (Å²) < 4.78 is 0. The standard InChI is InChI=1S/C25H16N4O2S/c30-24-22(18-13-26-20-9-3-1-7-16(18)20)23(19-14-27-21-10-4-2-8-17(19)21)25(31)29(24)28-12-15-6-5-11-32-15/h1-14,26-27H/b28-12+. The largest absolute Gasteiger partial charge is 0.361 e. The lowest BCUT2D eigenvalue weighted by molar-refractivity contribution is -0.135. The van der Waals surface area contributed by atoms with Crippen LogP contribution in [0.5, 0.6) is 0 Å². The Kier molecular flexibility index (Phi) is 4.16. The topological polar surface area (TPSA) is 81.3 Å². The molecule has 0 fully saturated rings. The number of aromatic amines is 2. The number of para-hydroxylation sites is 2. The molecule has 0 unspecified atom stereocenters. The zero-order valence-electron chi connectivity index (χ0n) is 16.7. The quantitative estimate of drug-likeness (QED) is 0.306. The van der Waals surface area contributed by atoms with Gasteiger partial charge >= 0.3 is 0 Å². The minimum Gasteiger partial charge on any atom is -0.361 e. The first-order valence-electron chi connectivity index (χ1n) is 10.1. The Balaban J connectivity index is 1.58. The van der Waals surface area contributed by atoms with Gasteiger partial charge in [0.1, 0.15) is 0 Å². The molecule has 7 heteroatoms. The predicted molar refractivity (Wildman–Crippen MR) is 127 cm³/mol. The number of hydrogen-bond donors (Lipinski definition) is 2. The summed E-state index contributed by atoms with van der Waals surface area (Å²) in [7, 11) is 0. The fraction of sp³-hybridized carbons (Fsp3) is 0. The molecule has 0 spiro atoms. The lowest BCUT2D eigenvalue weighted by atomic mass is 9.95. The zero-order valence-corrected chi connectivity index (χ0v) is 17.5. The van der Waals surface area contributed by atoms with E-state index in [-0.39, 0.29) is 0 Å². The number of nitrogens with zero attached hydrogens (tertiary/aromatic N) is 2. The third-order valence-corrected chi connectivity index (χ3v) is 6.43. The molecule has 32 heavy (non-hydrogen) atoms. The van der Waals surface area contributed by atoms with Gasteiger partial charge in [0, 0.05) is 50.2 Å². The third kappa shape index (κ3) is 2.75. The molecule has 6 nitrogen and oxygen atoms in total. The molecule has 2 aromatic carbocycles. The second kappa shape index (κ2) is 7.18. The molecule has 3 aromatic heterocycles. The van der Waals surface area contributed by atoms with E-state index in [4.69, 9.17) is 0 Å².